The zero-order valence-electron chi connectivity index (χ0n) is 8.27. The van der Waals surface area contributed by atoms with E-state index in [9.17, 15) is 0 Å². The van der Waals surface area contributed by atoms with E-state index >= 15 is 0 Å². The number of hydrogen-bond acceptors (Lipinski definition) is 0. The Bertz CT molecular complexity index is 345. The summed E-state index contributed by atoms with van der Waals surface area (Å²) in [5.41, 5.74) is 5.55. The van der Waals surface area contributed by atoms with Gasteiger partial charge in [0.05, 0.1) is 0 Å². The van der Waals surface area contributed by atoms with Crippen LogP contribution in [0, 0.1) is 6.92 Å². The minimum absolute atomic E-state index is 0.652. The van der Waals surface area contributed by atoms with Crippen LogP contribution in [0.3, 0.4) is 0 Å². The fourth-order valence-electron chi connectivity index (χ4n) is 3.09. The first-order valence-electron chi connectivity index (χ1n) is 5.41. The lowest BCUT2D eigenvalue weighted by Crippen LogP contribution is -2.17. The topological polar surface area (TPSA) is 0 Å². The van der Waals surface area contributed by atoms with Gasteiger partial charge in [0, 0.05) is 0 Å². The second-order valence-electron chi connectivity index (χ2n) is 4.74. The third kappa shape index (κ3) is 0.979. The molecule has 2 aliphatic rings. The molecule has 0 saturated heterocycles. The Balaban J connectivity index is 2.21. The number of hydrogen-bond donors (Lipinski definition) is 0. The van der Waals surface area contributed by atoms with E-state index in [4.69, 9.17) is 0 Å². The molecule has 1 spiro atoms. The van der Waals surface area contributed by atoms with Crippen molar-refractivity contribution in [3.63, 3.8) is 0 Å². The SMILES string of the molecule is Cc1cccc2c1C1(CCC2)CC1. The second kappa shape index (κ2) is 2.37. The number of rotatable bonds is 0. The van der Waals surface area contributed by atoms with E-state index in [1.807, 2.05) is 0 Å². The van der Waals surface area contributed by atoms with Crippen LogP contribution >= 0.6 is 0 Å². The fourth-order valence-corrected chi connectivity index (χ4v) is 3.09. The Morgan fingerprint density at radius 1 is 1.15 bits per heavy atom. The van der Waals surface area contributed by atoms with Crippen LogP contribution in [0.5, 0.6) is 0 Å². The highest BCUT2D eigenvalue weighted by atomic mass is 14.5. The van der Waals surface area contributed by atoms with E-state index in [1.54, 1.807) is 11.1 Å². The number of benzene rings is 1. The average molecular weight is 172 g/mol. The third-order valence-electron chi connectivity index (χ3n) is 3.84. The van der Waals surface area contributed by atoms with Crippen molar-refractivity contribution >= 4 is 0 Å². The highest BCUT2D eigenvalue weighted by Crippen LogP contribution is 2.56. The molecule has 0 unspecified atom stereocenters. The lowest BCUT2D eigenvalue weighted by Gasteiger charge is -2.27. The largest absolute Gasteiger partial charge is 0.0617 e. The highest BCUT2D eigenvalue weighted by molar-refractivity contribution is 5.45. The van der Waals surface area contributed by atoms with Gasteiger partial charge in [-0.05, 0) is 61.1 Å². The van der Waals surface area contributed by atoms with Gasteiger partial charge in [-0.15, -0.1) is 0 Å². The van der Waals surface area contributed by atoms with Crippen LogP contribution in [0.1, 0.15) is 42.4 Å². The van der Waals surface area contributed by atoms with Crippen LogP contribution < -0.4 is 0 Å². The first kappa shape index (κ1) is 7.61. The molecule has 1 saturated carbocycles. The van der Waals surface area contributed by atoms with Crippen molar-refractivity contribution in [1.29, 1.82) is 0 Å². The van der Waals surface area contributed by atoms with Crippen LogP contribution in [-0.2, 0) is 11.8 Å². The maximum absolute atomic E-state index is 2.33. The Morgan fingerprint density at radius 2 is 2.00 bits per heavy atom. The molecule has 0 aromatic heterocycles. The van der Waals surface area contributed by atoms with Crippen LogP contribution in [-0.4, -0.2) is 0 Å². The zero-order valence-corrected chi connectivity index (χ0v) is 8.27. The molecule has 3 rings (SSSR count). The second-order valence-corrected chi connectivity index (χ2v) is 4.74. The van der Waals surface area contributed by atoms with Crippen LogP contribution in [0.2, 0.25) is 0 Å². The summed E-state index contributed by atoms with van der Waals surface area (Å²) >= 11 is 0. The molecule has 1 aromatic rings. The van der Waals surface area contributed by atoms with E-state index < -0.39 is 0 Å². The minimum atomic E-state index is 0.652. The predicted octanol–water partition coefficient (Wildman–Crippen LogP) is 3.36. The normalized spacial score (nSPS) is 22.8. The summed E-state index contributed by atoms with van der Waals surface area (Å²) in [6.45, 7) is 2.28. The predicted molar refractivity (Wildman–Crippen MR) is 55.0 cm³/mol. The Kier molecular flexibility index (Phi) is 1.39. The maximum atomic E-state index is 2.33. The average Bonchev–Trinajstić information content (AvgIpc) is 2.86. The van der Waals surface area contributed by atoms with Gasteiger partial charge >= 0.3 is 0 Å². The molecule has 0 bridgehead atoms. The van der Waals surface area contributed by atoms with Gasteiger partial charge in [0.25, 0.3) is 0 Å². The van der Waals surface area contributed by atoms with Crippen molar-refractivity contribution in [3.05, 3.63) is 34.9 Å². The van der Waals surface area contributed by atoms with Crippen LogP contribution in [0.15, 0.2) is 18.2 Å². The zero-order chi connectivity index (χ0) is 8.89. The van der Waals surface area contributed by atoms with E-state index in [1.165, 1.54) is 37.7 Å². The Hall–Kier alpha value is -0.780. The van der Waals surface area contributed by atoms with Crippen molar-refractivity contribution in [1.82, 2.24) is 0 Å². The smallest absolute Gasteiger partial charge is 0.00409 e. The van der Waals surface area contributed by atoms with Crippen molar-refractivity contribution in [2.75, 3.05) is 0 Å². The van der Waals surface area contributed by atoms with E-state index in [0.29, 0.717) is 5.41 Å². The van der Waals surface area contributed by atoms with Gasteiger partial charge in [0.15, 0.2) is 0 Å². The minimum Gasteiger partial charge on any atom is -0.0617 e. The van der Waals surface area contributed by atoms with E-state index in [2.05, 4.69) is 25.1 Å². The third-order valence-corrected chi connectivity index (χ3v) is 3.84. The summed E-state index contributed by atoms with van der Waals surface area (Å²) < 4.78 is 0. The molecule has 2 aliphatic carbocycles. The summed E-state index contributed by atoms with van der Waals surface area (Å²) in [4.78, 5) is 0. The molecule has 13 heavy (non-hydrogen) atoms. The fraction of sp³-hybridized carbons (Fsp3) is 0.538. The molecule has 0 heterocycles. The molecule has 0 N–H and O–H groups in total. The summed E-state index contributed by atoms with van der Waals surface area (Å²) in [5, 5.41) is 0. The quantitative estimate of drug-likeness (QED) is 0.563. The molecule has 68 valence electrons. The molecule has 0 aliphatic heterocycles. The summed E-state index contributed by atoms with van der Waals surface area (Å²) in [7, 11) is 0. The van der Waals surface area contributed by atoms with Gasteiger partial charge < -0.3 is 0 Å². The van der Waals surface area contributed by atoms with Gasteiger partial charge in [-0.1, -0.05) is 18.2 Å². The molecular weight excluding hydrogens is 156 g/mol. The highest BCUT2D eigenvalue weighted by Gasteiger charge is 2.47. The van der Waals surface area contributed by atoms with Crippen LogP contribution in [0.4, 0.5) is 0 Å². The number of fused-ring (bicyclic) bond motifs is 2. The number of aryl methyl sites for hydroxylation is 2. The summed E-state index contributed by atoms with van der Waals surface area (Å²) in [5.74, 6) is 0. The van der Waals surface area contributed by atoms with E-state index in [-0.39, 0.29) is 0 Å². The van der Waals surface area contributed by atoms with Crippen LogP contribution in [0.25, 0.3) is 0 Å². The molecule has 1 fully saturated rings. The Morgan fingerprint density at radius 3 is 2.77 bits per heavy atom. The first-order valence-corrected chi connectivity index (χ1v) is 5.41. The van der Waals surface area contributed by atoms with Gasteiger partial charge in [0.2, 0.25) is 0 Å². The molecule has 0 amide bonds. The standard InChI is InChI=1S/C13H16/c1-10-4-2-5-11-6-3-7-13(8-9-13)12(10)11/h2,4-5H,3,6-9H2,1H3. The van der Waals surface area contributed by atoms with Crippen molar-refractivity contribution in [2.45, 2.75) is 44.4 Å². The van der Waals surface area contributed by atoms with Crippen molar-refractivity contribution < 1.29 is 0 Å². The lowest BCUT2D eigenvalue weighted by atomic mass is 9.78. The molecule has 0 heteroatoms. The van der Waals surface area contributed by atoms with Gasteiger partial charge in [-0.3, -0.25) is 0 Å². The van der Waals surface area contributed by atoms with E-state index in [0.717, 1.165) is 0 Å². The molecule has 1 aromatic carbocycles. The summed E-state index contributed by atoms with van der Waals surface area (Å²) in [6.07, 6.45) is 7.08. The maximum Gasteiger partial charge on any atom is -0.00409 e. The molecular formula is C13H16. The molecule has 0 atom stereocenters. The monoisotopic (exact) mass is 172 g/mol. The Labute approximate surface area is 80.0 Å². The van der Waals surface area contributed by atoms with Gasteiger partial charge in [-0.2, -0.15) is 0 Å². The molecule has 0 nitrogen and oxygen atoms in total. The molecule has 0 radical (unpaired) electrons. The van der Waals surface area contributed by atoms with Gasteiger partial charge in [0.1, 0.15) is 0 Å². The lowest BCUT2D eigenvalue weighted by molar-refractivity contribution is 0.539. The first-order chi connectivity index (χ1) is 6.32. The van der Waals surface area contributed by atoms with Gasteiger partial charge in [-0.25, -0.2) is 0 Å². The van der Waals surface area contributed by atoms with Crippen molar-refractivity contribution in [3.8, 4) is 0 Å². The van der Waals surface area contributed by atoms with Crippen molar-refractivity contribution in [2.24, 2.45) is 0 Å². The summed E-state index contributed by atoms with van der Waals surface area (Å²) in [6, 6.07) is 6.83.